The first-order valence-corrected chi connectivity index (χ1v) is 35.4. The van der Waals surface area contributed by atoms with Gasteiger partial charge in [0.2, 0.25) is 0 Å². The van der Waals surface area contributed by atoms with Crippen molar-refractivity contribution in [1.29, 1.82) is 0 Å². The second-order valence-corrected chi connectivity index (χ2v) is 25.9. The summed E-state index contributed by atoms with van der Waals surface area (Å²) in [6.07, 6.45) is 55.6. The molecule has 0 bridgehead atoms. The molecule has 73 heavy (non-hydrogen) atoms. The molecule has 1 fully saturated rings. The maximum absolute atomic E-state index is 5.90. The molecule has 1 aliphatic heterocycles. The molecule has 0 N–H and O–H groups in total. The van der Waals surface area contributed by atoms with Crippen LogP contribution >= 0.6 is 23.5 Å². The number of rotatable bonds is 60. The summed E-state index contributed by atoms with van der Waals surface area (Å²) >= 11 is 4.39. The van der Waals surface area contributed by atoms with Gasteiger partial charge in [0, 0.05) is 95.1 Å². The molecule has 0 aromatic rings. The second-order valence-electron chi connectivity index (χ2n) is 23.5. The van der Waals surface area contributed by atoms with Gasteiger partial charge in [-0.25, -0.2) is 0 Å². The largest absolute Gasteiger partial charge is 0.383 e. The number of nitrogens with zero attached hydrogens (tertiary/aromatic N) is 4. The quantitative estimate of drug-likeness (QED) is 0.0557. The molecule has 0 aromatic carbocycles. The fourth-order valence-electron chi connectivity index (χ4n) is 11.5. The highest BCUT2D eigenvalue weighted by Gasteiger charge is 2.33. The van der Waals surface area contributed by atoms with Crippen LogP contribution in [-0.2, 0) is 9.47 Å². The third-order valence-corrected chi connectivity index (χ3v) is 18.3. The van der Waals surface area contributed by atoms with Crippen molar-refractivity contribution in [3.63, 3.8) is 0 Å². The van der Waals surface area contributed by atoms with Crippen molar-refractivity contribution < 1.29 is 9.47 Å². The van der Waals surface area contributed by atoms with Crippen LogP contribution in [0.25, 0.3) is 0 Å². The molecular formula is C65H134N4O2S2. The van der Waals surface area contributed by atoms with Gasteiger partial charge in [0.15, 0.2) is 0 Å². The predicted molar refractivity (Wildman–Crippen MR) is 334 cm³/mol. The first kappa shape index (κ1) is 71.5. The van der Waals surface area contributed by atoms with Gasteiger partial charge in [-0.3, -0.25) is 9.80 Å². The van der Waals surface area contributed by atoms with E-state index in [4.69, 9.17) is 9.47 Å². The molecule has 0 spiro atoms. The van der Waals surface area contributed by atoms with E-state index in [1.165, 1.54) is 313 Å². The lowest BCUT2D eigenvalue weighted by molar-refractivity contribution is -0.0233. The maximum atomic E-state index is 5.90. The van der Waals surface area contributed by atoms with Crippen molar-refractivity contribution in [1.82, 2.24) is 19.6 Å². The number of hydrogen-bond acceptors (Lipinski definition) is 8. The third kappa shape index (κ3) is 46.0. The first-order chi connectivity index (χ1) is 36.0. The van der Waals surface area contributed by atoms with Crippen molar-refractivity contribution in [2.24, 2.45) is 5.92 Å². The monoisotopic (exact) mass is 1070 g/mol. The fourth-order valence-corrected chi connectivity index (χ4v) is 13.4. The van der Waals surface area contributed by atoms with Crippen LogP contribution in [0, 0.1) is 5.92 Å². The van der Waals surface area contributed by atoms with Gasteiger partial charge in [0.25, 0.3) is 0 Å². The summed E-state index contributed by atoms with van der Waals surface area (Å²) in [4.78, 5) is 11.2. The highest BCUT2D eigenvalue weighted by Crippen LogP contribution is 2.21. The van der Waals surface area contributed by atoms with Gasteiger partial charge in [-0.2, -0.15) is 23.5 Å². The Morgan fingerprint density at radius 2 is 0.658 bits per heavy atom. The van der Waals surface area contributed by atoms with Crippen molar-refractivity contribution in [3.8, 4) is 0 Å². The Morgan fingerprint density at radius 3 is 0.986 bits per heavy atom. The van der Waals surface area contributed by atoms with E-state index in [1.807, 2.05) is 14.2 Å². The summed E-state index contributed by atoms with van der Waals surface area (Å²) in [5.74, 6) is 5.75. The van der Waals surface area contributed by atoms with Crippen molar-refractivity contribution in [2.75, 3.05) is 116 Å². The lowest BCUT2D eigenvalue weighted by Crippen LogP contribution is -2.61. The molecule has 3 unspecified atom stereocenters. The summed E-state index contributed by atoms with van der Waals surface area (Å²) in [6.45, 7) is 25.7. The molecule has 0 radical (unpaired) electrons. The number of unbranched alkanes of at least 4 members (excludes halogenated alkanes) is 34. The molecule has 0 saturated carbocycles. The van der Waals surface area contributed by atoms with Crippen LogP contribution in [0.3, 0.4) is 0 Å². The minimum absolute atomic E-state index is 0.464. The van der Waals surface area contributed by atoms with Gasteiger partial charge >= 0.3 is 0 Å². The Balaban J connectivity index is 2.60. The normalized spacial score (nSPS) is 16.2. The molecule has 3 atom stereocenters. The van der Waals surface area contributed by atoms with Crippen molar-refractivity contribution in [3.05, 3.63) is 0 Å². The molecule has 0 aliphatic carbocycles. The average Bonchev–Trinajstić information content (AvgIpc) is 3.39. The number of ether oxygens (including phenoxy) is 2. The lowest BCUT2D eigenvalue weighted by Gasteiger charge is -2.46. The Bertz CT molecular complexity index is 1040. The van der Waals surface area contributed by atoms with Crippen molar-refractivity contribution in [2.45, 2.75) is 297 Å². The fraction of sp³-hybridized carbons (Fsp3) is 1.00. The minimum atomic E-state index is 0.464. The van der Waals surface area contributed by atoms with E-state index in [9.17, 15) is 0 Å². The van der Waals surface area contributed by atoms with Gasteiger partial charge in [-0.1, -0.05) is 259 Å². The van der Waals surface area contributed by atoms with Crippen LogP contribution in [0.2, 0.25) is 0 Å². The predicted octanol–water partition coefficient (Wildman–Crippen LogP) is 18.6. The molecule has 0 amide bonds. The molecule has 1 heterocycles. The van der Waals surface area contributed by atoms with Gasteiger partial charge in [0.05, 0.1) is 13.2 Å². The van der Waals surface area contributed by atoms with Crippen molar-refractivity contribution >= 4 is 23.5 Å². The minimum Gasteiger partial charge on any atom is -0.383 e. The summed E-state index contributed by atoms with van der Waals surface area (Å²) in [7, 11) is 3.81. The van der Waals surface area contributed by atoms with Crippen LogP contribution in [0.15, 0.2) is 0 Å². The third-order valence-electron chi connectivity index (χ3n) is 16.4. The Kier molecular flexibility index (Phi) is 56.0. The van der Waals surface area contributed by atoms with Crippen LogP contribution in [-0.4, -0.2) is 148 Å². The Morgan fingerprint density at radius 1 is 0.370 bits per heavy atom. The Labute approximate surface area is 469 Å². The van der Waals surface area contributed by atoms with Crippen LogP contribution in [0.4, 0.5) is 0 Å². The van der Waals surface area contributed by atoms with Crippen LogP contribution < -0.4 is 0 Å². The van der Waals surface area contributed by atoms with E-state index in [-0.39, 0.29) is 0 Å². The Hall–Kier alpha value is 0.460. The van der Waals surface area contributed by atoms with Gasteiger partial charge in [0.1, 0.15) is 0 Å². The zero-order chi connectivity index (χ0) is 52.8. The lowest BCUT2D eigenvalue weighted by atomic mass is 10.0. The summed E-state index contributed by atoms with van der Waals surface area (Å²) in [5, 5.41) is 0. The van der Waals surface area contributed by atoms with Crippen LogP contribution in [0.1, 0.15) is 285 Å². The highest BCUT2D eigenvalue weighted by atomic mass is 32.2. The molecule has 1 rings (SSSR count). The highest BCUT2D eigenvalue weighted by molar-refractivity contribution is 7.99. The molecule has 1 saturated heterocycles. The van der Waals surface area contributed by atoms with Gasteiger partial charge in [-0.05, 0) is 51.2 Å². The standard InChI is InChI=1S/C65H134N4O2S2/c1-8-12-16-20-24-28-31-35-39-43-47-66(48-44-40-36-32-29-25-21-17-13-9-2)50-54-72-56-52-68-59-65(62-71-7)69(60-64(68)61-70-6)53-57-73-55-51-67(49-45-41-37-33-30-26-22-18-14-10-3)58-63(5)46-42-38-34-27-23-19-15-11-4/h63-65H,8-62H2,1-7H3. The summed E-state index contributed by atoms with van der Waals surface area (Å²) in [6, 6.07) is 0.929. The number of hydrogen-bond donors (Lipinski definition) is 0. The topological polar surface area (TPSA) is 31.4 Å². The summed E-state index contributed by atoms with van der Waals surface area (Å²) in [5.41, 5.74) is 0. The molecular weight excluding hydrogens is 933 g/mol. The molecule has 438 valence electrons. The SMILES string of the molecule is CCCCCCCCCCCCN(CCCCCCCCCCCC)CCSCCN1CC(COC)N(CCSCCN(CCCCCCCCCCCC)CC(C)CCCCCCCCCC)CC1COC. The number of methoxy groups -OCH3 is 2. The molecule has 8 heteroatoms. The molecule has 1 aliphatic rings. The van der Waals surface area contributed by atoms with Gasteiger partial charge in [-0.15, -0.1) is 0 Å². The van der Waals surface area contributed by atoms with E-state index in [0.717, 1.165) is 45.3 Å². The molecule has 0 aromatic heterocycles. The van der Waals surface area contributed by atoms with E-state index >= 15 is 0 Å². The summed E-state index contributed by atoms with van der Waals surface area (Å²) < 4.78 is 11.8. The van der Waals surface area contributed by atoms with Crippen LogP contribution in [0.5, 0.6) is 0 Å². The second kappa shape index (κ2) is 57.2. The number of thioether (sulfide) groups is 2. The van der Waals surface area contributed by atoms with Gasteiger partial charge < -0.3 is 19.3 Å². The zero-order valence-corrected chi connectivity index (χ0v) is 52.7. The average molecular weight is 1070 g/mol. The molecule has 6 nitrogen and oxygen atoms in total. The smallest absolute Gasteiger partial charge is 0.0630 e. The zero-order valence-electron chi connectivity index (χ0n) is 51.0. The first-order valence-electron chi connectivity index (χ1n) is 33.1. The van der Waals surface area contributed by atoms with E-state index in [1.54, 1.807) is 0 Å². The van der Waals surface area contributed by atoms with E-state index < -0.39 is 0 Å². The van der Waals surface area contributed by atoms with E-state index in [0.29, 0.717) is 12.1 Å². The van der Waals surface area contributed by atoms with E-state index in [2.05, 4.69) is 77.7 Å². The number of piperazine rings is 1. The maximum Gasteiger partial charge on any atom is 0.0630 e.